The molecule has 2 fully saturated rings. The summed E-state index contributed by atoms with van der Waals surface area (Å²) in [6, 6.07) is 2.09. The molecule has 0 N–H and O–H groups in total. The molecule has 2 atom stereocenters. The van der Waals surface area contributed by atoms with Crippen molar-refractivity contribution >= 4 is 53.2 Å². The van der Waals surface area contributed by atoms with Crippen LogP contribution in [-0.2, 0) is 10.0 Å². The fraction of sp³-hybridized carbons (Fsp3) is 0.667. The summed E-state index contributed by atoms with van der Waals surface area (Å²) in [6.07, 6.45) is 3.85. The molecule has 2 unspecified atom stereocenters. The van der Waals surface area contributed by atoms with Gasteiger partial charge >= 0.3 is 0 Å². The maximum absolute atomic E-state index is 12.9. The number of aryl methyl sites for hydroxylation is 1. The van der Waals surface area contributed by atoms with Crippen LogP contribution in [0.1, 0.15) is 30.6 Å². The zero-order valence-electron chi connectivity index (χ0n) is 10.5. The van der Waals surface area contributed by atoms with Gasteiger partial charge in [-0.1, -0.05) is 15.9 Å². The summed E-state index contributed by atoms with van der Waals surface area (Å²) in [6.45, 7) is 1.88. The molecule has 19 heavy (non-hydrogen) atoms. The third-order valence-corrected chi connectivity index (χ3v) is 8.57. The Kier molecular flexibility index (Phi) is 3.88. The first kappa shape index (κ1) is 14.5. The predicted octanol–water partition coefficient (Wildman–Crippen LogP) is 3.90. The summed E-state index contributed by atoms with van der Waals surface area (Å²) in [5.74, 6) is 0. The van der Waals surface area contributed by atoms with Crippen LogP contribution in [0.15, 0.2) is 14.7 Å². The normalized spacial score (nSPS) is 31.8. The second-order valence-corrected chi connectivity index (χ2v) is 11.0. The Labute approximate surface area is 134 Å². The van der Waals surface area contributed by atoms with E-state index in [4.69, 9.17) is 0 Å². The van der Waals surface area contributed by atoms with Gasteiger partial charge in [-0.3, -0.25) is 0 Å². The molecule has 0 aliphatic carbocycles. The number of fused-ring (bicyclic) bond motifs is 2. The Morgan fingerprint density at radius 2 is 1.89 bits per heavy atom. The van der Waals surface area contributed by atoms with E-state index in [1.807, 2.05) is 6.92 Å². The van der Waals surface area contributed by atoms with E-state index in [0.29, 0.717) is 9.72 Å². The smallest absolute Gasteiger partial charge is 0.207 e. The van der Waals surface area contributed by atoms with E-state index in [0.717, 1.165) is 34.3 Å². The monoisotopic (exact) mass is 427 g/mol. The minimum Gasteiger partial charge on any atom is -0.207 e. The molecule has 1 aromatic rings. The minimum atomic E-state index is -3.34. The predicted molar refractivity (Wildman–Crippen MR) is 84.5 cm³/mol. The number of alkyl halides is 1. The van der Waals surface area contributed by atoms with Gasteiger partial charge in [-0.15, -0.1) is 11.3 Å². The molecular formula is C12H15Br2NO2S2. The number of hydrogen-bond donors (Lipinski definition) is 0. The van der Waals surface area contributed by atoms with Crippen LogP contribution >= 0.6 is 43.2 Å². The lowest BCUT2D eigenvalue weighted by molar-refractivity contribution is 0.255. The standard InChI is InChI=1S/C12H15Br2NO2S2/c1-7-11(6-12(14)18-7)19(16,17)15-9-2-3-10(15)5-8(13)4-9/h6,8-10H,2-5H2,1H3. The van der Waals surface area contributed by atoms with Gasteiger partial charge in [0, 0.05) is 21.8 Å². The van der Waals surface area contributed by atoms with Crippen molar-refractivity contribution in [1.29, 1.82) is 0 Å². The van der Waals surface area contributed by atoms with E-state index in [-0.39, 0.29) is 12.1 Å². The summed E-state index contributed by atoms with van der Waals surface area (Å²) in [5, 5.41) is 0. The van der Waals surface area contributed by atoms with E-state index in [1.165, 1.54) is 11.3 Å². The van der Waals surface area contributed by atoms with Gasteiger partial charge in [0.05, 0.1) is 8.68 Å². The van der Waals surface area contributed by atoms with Crippen molar-refractivity contribution < 1.29 is 8.42 Å². The summed E-state index contributed by atoms with van der Waals surface area (Å²) in [7, 11) is -3.34. The van der Waals surface area contributed by atoms with Crippen LogP contribution in [0.25, 0.3) is 0 Å². The van der Waals surface area contributed by atoms with Gasteiger partial charge in [-0.05, 0) is 54.6 Å². The second kappa shape index (κ2) is 5.09. The van der Waals surface area contributed by atoms with E-state index < -0.39 is 10.0 Å². The van der Waals surface area contributed by atoms with E-state index in [2.05, 4.69) is 31.9 Å². The summed E-state index contributed by atoms with van der Waals surface area (Å²) in [5.41, 5.74) is 0. The molecule has 0 aromatic carbocycles. The van der Waals surface area contributed by atoms with Crippen molar-refractivity contribution in [3.63, 3.8) is 0 Å². The molecule has 0 saturated carbocycles. The number of piperidine rings is 1. The highest BCUT2D eigenvalue weighted by molar-refractivity contribution is 9.11. The Hall–Kier alpha value is 0.570. The second-order valence-electron chi connectivity index (χ2n) is 5.26. The molecule has 2 aliphatic heterocycles. The van der Waals surface area contributed by atoms with Crippen LogP contribution in [-0.4, -0.2) is 29.6 Å². The Morgan fingerprint density at radius 1 is 1.32 bits per heavy atom. The van der Waals surface area contributed by atoms with Crippen molar-refractivity contribution in [3.05, 3.63) is 14.7 Å². The first-order valence-corrected chi connectivity index (χ1v) is 10.3. The van der Waals surface area contributed by atoms with Gasteiger partial charge in [-0.25, -0.2) is 8.42 Å². The van der Waals surface area contributed by atoms with Crippen molar-refractivity contribution in [3.8, 4) is 0 Å². The van der Waals surface area contributed by atoms with Crippen LogP contribution in [0.5, 0.6) is 0 Å². The fourth-order valence-electron chi connectivity index (χ4n) is 3.26. The van der Waals surface area contributed by atoms with Crippen LogP contribution in [0.2, 0.25) is 0 Å². The first-order valence-electron chi connectivity index (χ1n) is 6.33. The minimum absolute atomic E-state index is 0.172. The maximum atomic E-state index is 12.9. The highest BCUT2D eigenvalue weighted by Gasteiger charge is 2.47. The SMILES string of the molecule is Cc1sc(Br)cc1S(=O)(=O)N1C2CCC1CC(Br)C2. The van der Waals surface area contributed by atoms with Crippen molar-refractivity contribution in [2.75, 3.05) is 0 Å². The fourth-order valence-corrected chi connectivity index (χ4v) is 8.40. The van der Waals surface area contributed by atoms with Crippen molar-refractivity contribution in [1.82, 2.24) is 4.31 Å². The zero-order chi connectivity index (χ0) is 13.8. The lowest BCUT2D eigenvalue weighted by Crippen LogP contribution is -2.46. The molecule has 0 spiro atoms. The summed E-state index contributed by atoms with van der Waals surface area (Å²) in [4.78, 5) is 1.81. The highest BCUT2D eigenvalue weighted by Crippen LogP contribution is 2.43. The highest BCUT2D eigenvalue weighted by atomic mass is 79.9. The van der Waals surface area contributed by atoms with Gasteiger partial charge in [0.2, 0.25) is 10.0 Å². The summed E-state index contributed by atoms with van der Waals surface area (Å²) >= 11 is 8.52. The lowest BCUT2D eigenvalue weighted by atomic mass is 10.1. The van der Waals surface area contributed by atoms with E-state index >= 15 is 0 Å². The number of thiophene rings is 1. The summed E-state index contributed by atoms with van der Waals surface area (Å²) < 4.78 is 28.4. The quantitative estimate of drug-likeness (QED) is 0.670. The van der Waals surface area contributed by atoms with Crippen LogP contribution in [0.3, 0.4) is 0 Å². The molecule has 3 rings (SSSR count). The van der Waals surface area contributed by atoms with E-state index in [1.54, 1.807) is 10.4 Å². The molecule has 7 heteroatoms. The largest absolute Gasteiger partial charge is 0.244 e. The molecule has 0 radical (unpaired) electrons. The zero-order valence-corrected chi connectivity index (χ0v) is 15.3. The molecule has 1 aromatic heterocycles. The number of hydrogen-bond acceptors (Lipinski definition) is 3. The third-order valence-electron chi connectivity index (χ3n) is 4.01. The molecular weight excluding hydrogens is 414 g/mol. The molecule has 106 valence electrons. The Balaban J connectivity index is 2.00. The van der Waals surface area contributed by atoms with Gasteiger partial charge in [0.15, 0.2) is 0 Å². The van der Waals surface area contributed by atoms with Gasteiger partial charge < -0.3 is 0 Å². The molecule has 2 aliphatic rings. The molecule has 3 heterocycles. The Bertz CT molecular complexity index is 585. The molecule has 3 nitrogen and oxygen atoms in total. The molecule has 2 bridgehead atoms. The van der Waals surface area contributed by atoms with Gasteiger partial charge in [0.1, 0.15) is 0 Å². The van der Waals surface area contributed by atoms with Crippen molar-refractivity contribution in [2.24, 2.45) is 0 Å². The van der Waals surface area contributed by atoms with E-state index in [9.17, 15) is 8.42 Å². The van der Waals surface area contributed by atoms with Gasteiger partial charge in [-0.2, -0.15) is 4.31 Å². The topological polar surface area (TPSA) is 37.4 Å². The first-order chi connectivity index (χ1) is 8.89. The maximum Gasteiger partial charge on any atom is 0.244 e. The molecule has 2 saturated heterocycles. The lowest BCUT2D eigenvalue weighted by Gasteiger charge is -2.35. The third kappa shape index (κ3) is 2.46. The Morgan fingerprint density at radius 3 is 2.37 bits per heavy atom. The van der Waals surface area contributed by atoms with Crippen LogP contribution < -0.4 is 0 Å². The van der Waals surface area contributed by atoms with Crippen LogP contribution in [0, 0.1) is 6.92 Å². The van der Waals surface area contributed by atoms with Gasteiger partial charge in [0.25, 0.3) is 0 Å². The van der Waals surface area contributed by atoms with Crippen molar-refractivity contribution in [2.45, 2.75) is 54.4 Å². The number of halogens is 2. The number of nitrogens with zero attached hydrogens (tertiary/aromatic N) is 1. The number of rotatable bonds is 2. The van der Waals surface area contributed by atoms with Crippen LogP contribution in [0.4, 0.5) is 0 Å². The average Bonchev–Trinajstić information content (AvgIpc) is 2.78. The number of sulfonamides is 1. The molecule has 0 amide bonds. The average molecular weight is 429 g/mol.